The summed E-state index contributed by atoms with van der Waals surface area (Å²) >= 11 is 0. The Bertz CT molecular complexity index is 871. The Morgan fingerprint density at radius 3 is 2.83 bits per heavy atom. The molecule has 0 spiro atoms. The number of rotatable bonds is 2. The van der Waals surface area contributed by atoms with E-state index in [9.17, 15) is 13.0 Å². The largest absolute Gasteiger partial charge is 0.361 e. The molecule has 4 rings (SSSR count). The molecular weight excluding hydrogens is 312 g/mol. The van der Waals surface area contributed by atoms with Gasteiger partial charge in [0, 0.05) is 35.6 Å². The summed E-state index contributed by atoms with van der Waals surface area (Å²) in [7, 11) is -4.14. The molecule has 5 nitrogen and oxygen atoms in total. The maximum absolute atomic E-state index is 12.2. The lowest BCUT2D eigenvalue weighted by atomic mass is 9.70. The van der Waals surface area contributed by atoms with Gasteiger partial charge in [0.05, 0.1) is 0 Å². The van der Waals surface area contributed by atoms with Crippen LogP contribution >= 0.6 is 0 Å². The van der Waals surface area contributed by atoms with Gasteiger partial charge in [0.2, 0.25) is 0 Å². The first-order chi connectivity index (χ1) is 10.8. The van der Waals surface area contributed by atoms with Crippen LogP contribution in [0.15, 0.2) is 24.4 Å². The highest BCUT2D eigenvalue weighted by atomic mass is 32.2. The van der Waals surface area contributed by atoms with E-state index in [2.05, 4.69) is 28.6 Å². The lowest BCUT2D eigenvalue weighted by molar-refractivity contribution is 0.227. The number of fused-ring (bicyclic) bond motifs is 2. The van der Waals surface area contributed by atoms with Gasteiger partial charge in [-0.05, 0) is 36.0 Å². The summed E-state index contributed by atoms with van der Waals surface area (Å²) in [6.07, 6.45) is 3.41. The second-order valence-electron chi connectivity index (χ2n) is 7.28. The van der Waals surface area contributed by atoms with Crippen molar-refractivity contribution in [1.29, 1.82) is 0 Å². The first-order valence-corrected chi connectivity index (χ1v) is 9.57. The van der Waals surface area contributed by atoms with E-state index in [0.717, 1.165) is 11.9 Å². The molecule has 3 atom stereocenters. The van der Waals surface area contributed by atoms with Crippen LogP contribution in [0.25, 0.3) is 10.9 Å². The molecule has 0 amide bonds. The van der Waals surface area contributed by atoms with E-state index in [1.165, 1.54) is 16.5 Å². The standard InChI is InChI=1S/C17H22N2O3S/c1-10(2)17(23(20,21)22)7-13-12-4-3-5-14-16(12)11(8-18-14)6-15(13)19-9-17/h3-5,8,10,13,15,18-19H,6-7,9H2,1-2H3,(H,20,21,22)/t13-,15-,17?/m1/s1. The Hall–Kier alpha value is -1.37. The van der Waals surface area contributed by atoms with Gasteiger partial charge < -0.3 is 10.3 Å². The number of aromatic nitrogens is 1. The van der Waals surface area contributed by atoms with Crippen molar-refractivity contribution >= 4 is 21.0 Å². The summed E-state index contributed by atoms with van der Waals surface area (Å²) in [6, 6.07) is 6.38. The quantitative estimate of drug-likeness (QED) is 0.737. The van der Waals surface area contributed by atoms with Crippen LogP contribution in [-0.4, -0.2) is 35.3 Å². The molecule has 1 aromatic carbocycles. The van der Waals surface area contributed by atoms with E-state index in [-0.39, 0.29) is 17.9 Å². The van der Waals surface area contributed by atoms with Crippen molar-refractivity contribution in [3.05, 3.63) is 35.5 Å². The third-order valence-corrected chi connectivity index (χ3v) is 7.75. The average molecular weight is 334 g/mol. The zero-order valence-corrected chi connectivity index (χ0v) is 14.2. The molecule has 1 aliphatic heterocycles. The van der Waals surface area contributed by atoms with Crippen molar-refractivity contribution in [2.24, 2.45) is 5.92 Å². The van der Waals surface area contributed by atoms with Crippen LogP contribution in [0.3, 0.4) is 0 Å². The number of hydrogen-bond donors (Lipinski definition) is 3. The van der Waals surface area contributed by atoms with Crippen LogP contribution in [0.5, 0.6) is 0 Å². The van der Waals surface area contributed by atoms with Crippen molar-refractivity contribution < 1.29 is 13.0 Å². The van der Waals surface area contributed by atoms with E-state index in [1.807, 2.05) is 19.9 Å². The molecule has 1 aromatic heterocycles. The molecule has 6 heteroatoms. The van der Waals surface area contributed by atoms with E-state index in [1.54, 1.807) is 0 Å². The fraction of sp³-hybridized carbons (Fsp3) is 0.529. The van der Waals surface area contributed by atoms with Crippen LogP contribution in [0.2, 0.25) is 0 Å². The normalized spacial score (nSPS) is 30.6. The third kappa shape index (κ3) is 2.01. The summed E-state index contributed by atoms with van der Waals surface area (Å²) in [5.74, 6) is -0.0575. The monoisotopic (exact) mass is 334 g/mol. The molecule has 1 saturated heterocycles. The second kappa shape index (κ2) is 4.82. The molecule has 1 fully saturated rings. The van der Waals surface area contributed by atoms with Gasteiger partial charge in [-0.2, -0.15) is 8.42 Å². The number of hydrogen-bond acceptors (Lipinski definition) is 3. The summed E-state index contributed by atoms with van der Waals surface area (Å²) < 4.78 is 33.2. The first kappa shape index (κ1) is 15.2. The van der Waals surface area contributed by atoms with Crippen LogP contribution in [0.4, 0.5) is 0 Å². The molecule has 3 N–H and O–H groups in total. The number of aromatic amines is 1. The van der Waals surface area contributed by atoms with E-state index >= 15 is 0 Å². The van der Waals surface area contributed by atoms with Gasteiger partial charge in [0.1, 0.15) is 4.75 Å². The summed E-state index contributed by atoms with van der Waals surface area (Å²) in [6.45, 7) is 4.06. The zero-order chi connectivity index (χ0) is 16.4. The molecule has 0 saturated carbocycles. The maximum Gasteiger partial charge on any atom is 0.272 e. The highest BCUT2D eigenvalue weighted by molar-refractivity contribution is 7.87. The van der Waals surface area contributed by atoms with E-state index < -0.39 is 14.9 Å². The van der Waals surface area contributed by atoms with E-state index in [4.69, 9.17) is 0 Å². The van der Waals surface area contributed by atoms with Crippen LogP contribution < -0.4 is 5.32 Å². The molecule has 0 bridgehead atoms. The Labute approximate surface area is 136 Å². The van der Waals surface area contributed by atoms with Gasteiger partial charge in [-0.25, -0.2) is 0 Å². The van der Waals surface area contributed by atoms with Gasteiger partial charge in [-0.1, -0.05) is 26.0 Å². The van der Waals surface area contributed by atoms with Gasteiger partial charge in [-0.3, -0.25) is 4.55 Å². The fourth-order valence-electron chi connectivity index (χ4n) is 4.50. The predicted molar refractivity (Wildman–Crippen MR) is 90.3 cm³/mol. The highest BCUT2D eigenvalue weighted by Gasteiger charge is 2.52. The second-order valence-corrected chi connectivity index (χ2v) is 9.04. The summed E-state index contributed by atoms with van der Waals surface area (Å²) in [5.41, 5.74) is 3.58. The van der Waals surface area contributed by atoms with Gasteiger partial charge in [-0.15, -0.1) is 0 Å². The Balaban J connectivity index is 1.86. The Kier molecular flexibility index (Phi) is 3.18. The molecule has 0 radical (unpaired) electrons. The molecule has 124 valence electrons. The molecule has 2 aliphatic rings. The fourth-order valence-corrected chi connectivity index (χ4v) is 5.75. The van der Waals surface area contributed by atoms with Crippen LogP contribution in [-0.2, 0) is 16.5 Å². The predicted octanol–water partition coefficient (Wildman–Crippen LogP) is 2.45. The summed E-state index contributed by atoms with van der Waals surface area (Å²) in [4.78, 5) is 3.31. The van der Waals surface area contributed by atoms with Crippen molar-refractivity contribution in [3.63, 3.8) is 0 Å². The average Bonchev–Trinajstić information content (AvgIpc) is 2.90. The molecule has 23 heavy (non-hydrogen) atoms. The van der Waals surface area contributed by atoms with Crippen molar-refractivity contribution in [2.75, 3.05) is 6.54 Å². The van der Waals surface area contributed by atoms with Crippen LogP contribution in [0, 0.1) is 5.92 Å². The SMILES string of the molecule is CC(C)C1(S(=O)(=O)O)CN[C@@H]2Cc3c[nH]c4cccc(c34)[C@H]2C1. The first-order valence-electron chi connectivity index (χ1n) is 8.13. The molecule has 2 aromatic rings. The smallest absolute Gasteiger partial charge is 0.272 e. The summed E-state index contributed by atoms with van der Waals surface area (Å²) in [5, 5.41) is 4.65. The molecule has 1 aliphatic carbocycles. The number of benzene rings is 1. The maximum atomic E-state index is 12.2. The van der Waals surface area contributed by atoms with Crippen LogP contribution in [0.1, 0.15) is 37.3 Å². The van der Waals surface area contributed by atoms with Gasteiger partial charge >= 0.3 is 0 Å². The Morgan fingerprint density at radius 1 is 1.35 bits per heavy atom. The minimum Gasteiger partial charge on any atom is -0.361 e. The van der Waals surface area contributed by atoms with Gasteiger partial charge in [0.25, 0.3) is 10.1 Å². The van der Waals surface area contributed by atoms with E-state index in [0.29, 0.717) is 13.0 Å². The zero-order valence-electron chi connectivity index (χ0n) is 13.3. The minimum absolute atomic E-state index is 0.0973. The molecular formula is C17H22N2O3S. The van der Waals surface area contributed by atoms with Crippen molar-refractivity contribution in [2.45, 2.75) is 43.4 Å². The lowest BCUT2D eigenvalue weighted by Gasteiger charge is -2.47. The number of nitrogens with one attached hydrogen (secondary N) is 2. The van der Waals surface area contributed by atoms with Crippen molar-refractivity contribution in [1.82, 2.24) is 10.3 Å². The third-order valence-electron chi connectivity index (χ3n) is 5.94. The highest BCUT2D eigenvalue weighted by Crippen LogP contribution is 2.46. The molecule has 1 unspecified atom stereocenters. The molecule has 2 heterocycles. The topological polar surface area (TPSA) is 82.2 Å². The van der Waals surface area contributed by atoms with Gasteiger partial charge in [0.15, 0.2) is 0 Å². The minimum atomic E-state index is -4.14. The Morgan fingerprint density at radius 2 is 2.13 bits per heavy atom. The number of H-pyrrole nitrogens is 1. The van der Waals surface area contributed by atoms with Crippen molar-refractivity contribution in [3.8, 4) is 0 Å². The number of piperidine rings is 1. The lowest BCUT2D eigenvalue weighted by Crippen LogP contribution is -2.60.